The molecule has 0 heterocycles. The van der Waals surface area contributed by atoms with Crippen molar-refractivity contribution >= 4 is 0 Å². The summed E-state index contributed by atoms with van der Waals surface area (Å²) in [4.78, 5) is 0. The number of fused-ring (bicyclic) bond motifs is 8. The topological polar surface area (TPSA) is 101 Å². The zero-order chi connectivity index (χ0) is 23.8. The van der Waals surface area contributed by atoms with Gasteiger partial charge in [0, 0.05) is 25.7 Å². The number of phenols is 4. The molecule has 5 nitrogen and oxygen atoms in total. The highest BCUT2D eigenvalue weighted by Gasteiger charge is 2.19. The molecular weight excluding hydrogens is 428 g/mol. The highest BCUT2D eigenvalue weighted by molar-refractivity contribution is 5.55. The SMILES string of the molecule is OCc1cc2c(O)c(c1)Cc1cccc(c1O)Cc1cccc(c1O)Cc1cccc(c1O)C2. The van der Waals surface area contributed by atoms with Gasteiger partial charge in [-0.15, -0.1) is 0 Å². The van der Waals surface area contributed by atoms with Crippen LogP contribution in [0.1, 0.15) is 50.1 Å². The molecule has 34 heavy (non-hydrogen) atoms. The number of phenolic OH excluding ortho intramolecular Hbond substituents is 4. The van der Waals surface area contributed by atoms with Crippen molar-refractivity contribution in [1.82, 2.24) is 0 Å². The maximum Gasteiger partial charge on any atom is 0.122 e. The Bertz CT molecular complexity index is 1290. The Morgan fingerprint density at radius 2 is 0.706 bits per heavy atom. The van der Waals surface area contributed by atoms with Crippen LogP contribution in [0.25, 0.3) is 0 Å². The van der Waals surface area contributed by atoms with Crippen LogP contribution in [0.5, 0.6) is 23.0 Å². The van der Waals surface area contributed by atoms with E-state index in [1.807, 2.05) is 42.5 Å². The third-order valence-electron chi connectivity index (χ3n) is 6.64. The second-order valence-electron chi connectivity index (χ2n) is 8.90. The van der Waals surface area contributed by atoms with Crippen LogP contribution in [0, 0.1) is 0 Å². The van der Waals surface area contributed by atoms with Gasteiger partial charge in [-0.2, -0.15) is 0 Å². The summed E-state index contributed by atoms with van der Waals surface area (Å²) in [6, 6.07) is 19.9. The number of hydrogen-bond acceptors (Lipinski definition) is 5. The highest BCUT2D eigenvalue weighted by Crippen LogP contribution is 2.37. The summed E-state index contributed by atoms with van der Waals surface area (Å²) in [5, 5.41) is 53.9. The van der Waals surface area contributed by atoms with Gasteiger partial charge in [-0.3, -0.25) is 0 Å². The number of aliphatic hydroxyl groups excluding tert-OH is 1. The van der Waals surface area contributed by atoms with Crippen molar-refractivity contribution in [3.8, 4) is 23.0 Å². The third-order valence-corrected chi connectivity index (χ3v) is 6.64. The van der Waals surface area contributed by atoms with Gasteiger partial charge in [0.05, 0.1) is 6.61 Å². The quantitative estimate of drug-likeness (QED) is 0.253. The van der Waals surface area contributed by atoms with E-state index >= 15 is 0 Å². The van der Waals surface area contributed by atoms with Crippen LogP contribution in [-0.4, -0.2) is 25.5 Å². The largest absolute Gasteiger partial charge is 0.507 e. The number of benzene rings is 4. The fraction of sp³-hybridized carbons (Fsp3) is 0.172. The normalized spacial score (nSPS) is 13.0. The second kappa shape index (κ2) is 8.76. The number of aromatic hydroxyl groups is 4. The van der Waals surface area contributed by atoms with Crippen LogP contribution in [0.4, 0.5) is 0 Å². The minimum absolute atomic E-state index is 0.0850. The molecule has 0 saturated carbocycles. The number of para-hydroxylation sites is 3. The van der Waals surface area contributed by atoms with Crippen LogP contribution in [0.2, 0.25) is 0 Å². The monoisotopic (exact) mass is 454 g/mol. The molecule has 5 heteroatoms. The first-order valence-corrected chi connectivity index (χ1v) is 11.3. The van der Waals surface area contributed by atoms with E-state index in [1.54, 1.807) is 24.3 Å². The predicted octanol–water partition coefficient (Wildman–Crippen LogP) is 4.68. The molecule has 0 saturated heterocycles. The first-order chi connectivity index (χ1) is 16.4. The summed E-state index contributed by atoms with van der Waals surface area (Å²) < 4.78 is 0. The Labute approximate surface area is 197 Å². The first kappa shape index (κ1) is 21.9. The van der Waals surface area contributed by atoms with E-state index in [9.17, 15) is 25.5 Å². The van der Waals surface area contributed by atoms with Gasteiger partial charge >= 0.3 is 0 Å². The van der Waals surface area contributed by atoms with Gasteiger partial charge in [-0.25, -0.2) is 0 Å². The Balaban J connectivity index is 1.73. The van der Waals surface area contributed by atoms with E-state index in [-0.39, 0.29) is 42.4 Å². The van der Waals surface area contributed by atoms with Crippen molar-refractivity contribution in [2.45, 2.75) is 32.3 Å². The minimum Gasteiger partial charge on any atom is -0.507 e. The molecule has 0 unspecified atom stereocenters. The summed E-state index contributed by atoms with van der Waals surface area (Å²) in [7, 11) is 0. The molecule has 4 aromatic rings. The van der Waals surface area contributed by atoms with Gasteiger partial charge in [0.1, 0.15) is 23.0 Å². The minimum atomic E-state index is -0.188. The average Bonchev–Trinajstić information content (AvgIpc) is 2.83. The van der Waals surface area contributed by atoms with Crippen molar-refractivity contribution in [3.63, 3.8) is 0 Å². The molecule has 0 aliphatic heterocycles. The Kier molecular flexibility index (Phi) is 5.64. The lowest BCUT2D eigenvalue weighted by atomic mass is 9.90. The van der Waals surface area contributed by atoms with E-state index in [1.165, 1.54) is 0 Å². The maximum absolute atomic E-state index is 11.1. The smallest absolute Gasteiger partial charge is 0.122 e. The number of aliphatic hydroxyl groups is 1. The number of hydrogen-bond donors (Lipinski definition) is 5. The van der Waals surface area contributed by atoms with E-state index in [0.717, 1.165) is 0 Å². The van der Waals surface area contributed by atoms with E-state index in [4.69, 9.17) is 0 Å². The van der Waals surface area contributed by atoms with Gasteiger partial charge in [0.2, 0.25) is 0 Å². The molecular formula is C29H26O5. The van der Waals surface area contributed by atoms with Gasteiger partial charge in [0.15, 0.2) is 0 Å². The fourth-order valence-corrected chi connectivity index (χ4v) is 4.80. The lowest BCUT2D eigenvalue weighted by Crippen LogP contribution is -2.01. The van der Waals surface area contributed by atoms with Gasteiger partial charge in [0.25, 0.3) is 0 Å². The zero-order valence-corrected chi connectivity index (χ0v) is 18.6. The van der Waals surface area contributed by atoms with Crippen molar-refractivity contribution in [2.75, 3.05) is 0 Å². The van der Waals surface area contributed by atoms with Crippen molar-refractivity contribution in [3.05, 3.63) is 117 Å². The number of rotatable bonds is 1. The molecule has 1 aliphatic rings. The molecule has 4 aromatic carbocycles. The Morgan fingerprint density at radius 3 is 1.00 bits per heavy atom. The van der Waals surface area contributed by atoms with E-state index < -0.39 is 0 Å². The van der Waals surface area contributed by atoms with Crippen molar-refractivity contribution in [2.24, 2.45) is 0 Å². The van der Waals surface area contributed by atoms with Crippen LogP contribution in [0.15, 0.2) is 66.7 Å². The van der Waals surface area contributed by atoms with E-state index in [0.29, 0.717) is 62.9 Å². The zero-order valence-electron chi connectivity index (χ0n) is 18.6. The molecule has 0 spiro atoms. The van der Waals surface area contributed by atoms with Crippen LogP contribution in [-0.2, 0) is 32.3 Å². The summed E-state index contributed by atoms with van der Waals surface area (Å²) in [6.07, 6.45) is 1.20. The Morgan fingerprint density at radius 1 is 0.441 bits per heavy atom. The van der Waals surface area contributed by atoms with Crippen molar-refractivity contribution < 1.29 is 25.5 Å². The summed E-state index contributed by atoms with van der Waals surface area (Å²) in [5.74, 6) is 0.483. The van der Waals surface area contributed by atoms with Crippen LogP contribution >= 0.6 is 0 Å². The standard InChI is InChI=1S/C29H26O5/c30-16-17-10-24-14-22-8-2-6-20(27(22)32)12-18-4-1-5-19(26(18)31)13-21-7-3-9-23(28(21)33)15-25(11-17)29(24)34/h1-11,30-34H,12-16H2. The van der Waals surface area contributed by atoms with Crippen LogP contribution < -0.4 is 0 Å². The third kappa shape index (κ3) is 3.95. The molecule has 8 bridgehead atoms. The molecule has 0 aromatic heterocycles. The van der Waals surface area contributed by atoms with Crippen LogP contribution in [0.3, 0.4) is 0 Å². The van der Waals surface area contributed by atoms with E-state index in [2.05, 4.69) is 0 Å². The Hall–Kier alpha value is -3.96. The maximum atomic E-state index is 11.1. The van der Waals surface area contributed by atoms with Gasteiger partial charge in [-0.1, -0.05) is 54.6 Å². The predicted molar refractivity (Wildman–Crippen MR) is 130 cm³/mol. The fourth-order valence-electron chi connectivity index (χ4n) is 4.80. The molecule has 0 fully saturated rings. The molecule has 0 atom stereocenters. The summed E-state index contributed by atoms with van der Waals surface area (Å²) in [6.45, 7) is -0.188. The van der Waals surface area contributed by atoms with Gasteiger partial charge in [-0.05, 0) is 62.2 Å². The second-order valence-corrected chi connectivity index (χ2v) is 8.90. The molecule has 5 N–H and O–H groups in total. The lowest BCUT2D eigenvalue weighted by Gasteiger charge is -2.17. The highest BCUT2D eigenvalue weighted by atomic mass is 16.3. The molecule has 0 radical (unpaired) electrons. The summed E-state index contributed by atoms with van der Waals surface area (Å²) >= 11 is 0. The summed E-state index contributed by atoms with van der Waals surface area (Å²) in [5.41, 5.74) is 5.79. The molecule has 0 amide bonds. The lowest BCUT2D eigenvalue weighted by molar-refractivity contribution is 0.281. The molecule has 1 aliphatic carbocycles. The molecule has 5 rings (SSSR count). The molecule has 172 valence electrons. The average molecular weight is 455 g/mol. The first-order valence-electron chi connectivity index (χ1n) is 11.3. The van der Waals surface area contributed by atoms with Crippen molar-refractivity contribution in [1.29, 1.82) is 0 Å². The van der Waals surface area contributed by atoms with Gasteiger partial charge < -0.3 is 25.5 Å².